The second kappa shape index (κ2) is 3.70. The normalized spacial score (nSPS) is 11.9. The minimum absolute atomic E-state index is 0.0320. The average molecular weight is 308 g/mol. The van der Waals surface area contributed by atoms with Gasteiger partial charge in [0.15, 0.2) is 0 Å². The molecule has 1 heterocycles. The van der Waals surface area contributed by atoms with Crippen LogP contribution < -0.4 is 0 Å². The van der Waals surface area contributed by atoms with E-state index in [2.05, 4.69) is 25.9 Å². The predicted octanol–water partition coefficient (Wildman–Crippen LogP) is 2.32. The third-order valence-corrected chi connectivity index (χ3v) is 3.79. The van der Waals surface area contributed by atoms with Crippen LogP contribution in [-0.2, 0) is 9.05 Å². The molecule has 0 radical (unpaired) electrons. The molecule has 0 aliphatic carbocycles. The molecule has 0 unspecified atom stereocenters. The Kier molecular flexibility index (Phi) is 2.66. The van der Waals surface area contributed by atoms with Crippen molar-refractivity contribution in [1.82, 2.24) is 9.97 Å². The Morgan fingerprint density at radius 2 is 1.73 bits per heavy atom. The summed E-state index contributed by atoms with van der Waals surface area (Å²) in [5.41, 5.74) is 0.737. The first kappa shape index (κ1) is 10.8. The van der Waals surface area contributed by atoms with Gasteiger partial charge in [-0.2, -0.15) is 0 Å². The van der Waals surface area contributed by atoms with Crippen molar-refractivity contribution in [3.63, 3.8) is 0 Å². The molecule has 2 aromatic rings. The molecule has 0 aliphatic heterocycles. The highest BCUT2D eigenvalue weighted by Crippen LogP contribution is 2.27. The summed E-state index contributed by atoms with van der Waals surface area (Å²) in [6.45, 7) is 0. The summed E-state index contributed by atoms with van der Waals surface area (Å²) in [6, 6.07) is 2.97. The van der Waals surface area contributed by atoms with E-state index in [9.17, 15) is 8.42 Å². The van der Waals surface area contributed by atoms with E-state index in [1.165, 1.54) is 18.5 Å². The summed E-state index contributed by atoms with van der Waals surface area (Å²) in [6.07, 6.45) is 2.90. The van der Waals surface area contributed by atoms with E-state index in [4.69, 9.17) is 10.7 Å². The third-order valence-electron chi connectivity index (χ3n) is 1.80. The molecule has 0 bridgehead atoms. The molecule has 4 nitrogen and oxygen atoms in total. The quantitative estimate of drug-likeness (QED) is 0.759. The Labute approximate surface area is 98.9 Å². The molecular formula is C8H4BrClN2O2S. The number of nitrogens with zero attached hydrogens (tertiary/aromatic N) is 2. The lowest BCUT2D eigenvalue weighted by Crippen LogP contribution is -1.95. The van der Waals surface area contributed by atoms with Crippen LogP contribution in [0, 0.1) is 0 Å². The highest BCUT2D eigenvalue weighted by molar-refractivity contribution is 9.10. The average Bonchev–Trinajstić information content (AvgIpc) is 2.17. The van der Waals surface area contributed by atoms with Crippen LogP contribution in [0.1, 0.15) is 0 Å². The number of fused-ring (bicyclic) bond motifs is 1. The van der Waals surface area contributed by atoms with Gasteiger partial charge in [0, 0.05) is 27.5 Å². The molecule has 15 heavy (non-hydrogen) atoms. The Bertz CT molecular complexity index is 630. The smallest absolute Gasteiger partial charge is 0.252 e. The first-order chi connectivity index (χ1) is 7.00. The van der Waals surface area contributed by atoms with Gasteiger partial charge in [-0.25, -0.2) is 8.42 Å². The van der Waals surface area contributed by atoms with E-state index in [0.29, 0.717) is 9.99 Å². The summed E-state index contributed by atoms with van der Waals surface area (Å²) in [5, 5.41) is 0. The zero-order chi connectivity index (χ0) is 11.1. The summed E-state index contributed by atoms with van der Waals surface area (Å²) >= 11 is 3.26. The van der Waals surface area contributed by atoms with Crippen molar-refractivity contribution in [2.24, 2.45) is 0 Å². The van der Waals surface area contributed by atoms with Gasteiger partial charge < -0.3 is 0 Å². The summed E-state index contributed by atoms with van der Waals surface area (Å²) in [5.74, 6) is 0. The van der Waals surface area contributed by atoms with Gasteiger partial charge >= 0.3 is 0 Å². The van der Waals surface area contributed by atoms with Crippen molar-refractivity contribution < 1.29 is 8.42 Å². The lowest BCUT2D eigenvalue weighted by molar-refractivity contribution is 0.610. The van der Waals surface area contributed by atoms with Gasteiger partial charge in [-0.3, -0.25) is 9.97 Å². The molecule has 0 spiro atoms. The topological polar surface area (TPSA) is 59.9 Å². The highest BCUT2D eigenvalue weighted by atomic mass is 79.9. The Morgan fingerprint density at radius 3 is 2.33 bits per heavy atom. The van der Waals surface area contributed by atoms with Crippen LogP contribution in [0.3, 0.4) is 0 Å². The fraction of sp³-hybridized carbons (Fsp3) is 0. The van der Waals surface area contributed by atoms with Gasteiger partial charge in [0.25, 0.3) is 9.05 Å². The Hall–Kier alpha value is -0.720. The molecule has 0 N–H and O–H groups in total. The van der Waals surface area contributed by atoms with Crippen LogP contribution in [0.5, 0.6) is 0 Å². The minimum atomic E-state index is -3.80. The maximum Gasteiger partial charge on any atom is 0.263 e. The predicted molar refractivity (Wildman–Crippen MR) is 60.3 cm³/mol. The Balaban J connectivity index is 2.96. The highest BCUT2D eigenvalue weighted by Gasteiger charge is 2.16. The molecule has 1 aromatic carbocycles. The molecule has 0 saturated carbocycles. The summed E-state index contributed by atoms with van der Waals surface area (Å²) in [7, 11) is 1.48. The van der Waals surface area contributed by atoms with Gasteiger partial charge in [-0.1, -0.05) is 0 Å². The largest absolute Gasteiger partial charge is 0.263 e. The Morgan fingerprint density at radius 1 is 1.13 bits per heavy atom. The van der Waals surface area contributed by atoms with Gasteiger partial charge in [-0.15, -0.1) is 0 Å². The molecule has 0 saturated heterocycles. The SMILES string of the molecule is O=S(=O)(Cl)c1ccc(Br)c2nccnc12. The van der Waals surface area contributed by atoms with Crippen LogP contribution >= 0.6 is 26.6 Å². The number of hydrogen-bond acceptors (Lipinski definition) is 4. The second-order valence-corrected chi connectivity index (χ2v) is 6.13. The first-order valence-electron chi connectivity index (χ1n) is 3.84. The van der Waals surface area contributed by atoms with Crippen LogP contribution in [0.25, 0.3) is 11.0 Å². The monoisotopic (exact) mass is 306 g/mol. The third kappa shape index (κ3) is 1.97. The number of rotatable bonds is 1. The van der Waals surface area contributed by atoms with Crippen molar-refractivity contribution in [3.05, 3.63) is 29.0 Å². The molecule has 2 rings (SSSR count). The first-order valence-corrected chi connectivity index (χ1v) is 6.94. The van der Waals surface area contributed by atoms with Crippen LogP contribution in [0.2, 0.25) is 0 Å². The van der Waals surface area contributed by atoms with E-state index in [0.717, 1.165) is 0 Å². The zero-order valence-corrected chi connectivity index (χ0v) is 10.3. The van der Waals surface area contributed by atoms with Crippen LogP contribution in [0.15, 0.2) is 33.9 Å². The molecule has 78 valence electrons. The molecule has 0 fully saturated rings. The maximum absolute atomic E-state index is 11.2. The van der Waals surface area contributed by atoms with Crippen molar-refractivity contribution >= 4 is 46.7 Å². The lowest BCUT2D eigenvalue weighted by atomic mass is 10.3. The van der Waals surface area contributed by atoms with Crippen molar-refractivity contribution in [2.75, 3.05) is 0 Å². The standard InChI is InChI=1S/C8H4BrClN2O2S/c9-5-1-2-6(15(10,13)14)8-7(5)11-3-4-12-8/h1-4H. The van der Waals surface area contributed by atoms with Crippen molar-refractivity contribution in [3.8, 4) is 0 Å². The summed E-state index contributed by atoms with van der Waals surface area (Å²) in [4.78, 5) is 7.94. The second-order valence-electron chi connectivity index (χ2n) is 2.74. The number of halogens is 2. The van der Waals surface area contributed by atoms with Crippen LogP contribution in [0.4, 0.5) is 0 Å². The maximum atomic E-state index is 11.2. The van der Waals surface area contributed by atoms with E-state index in [1.807, 2.05) is 0 Å². The molecule has 1 aromatic heterocycles. The van der Waals surface area contributed by atoms with E-state index >= 15 is 0 Å². The van der Waals surface area contributed by atoms with Gasteiger partial charge in [0.05, 0.1) is 0 Å². The number of aromatic nitrogens is 2. The van der Waals surface area contributed by atoms with Crippen molar-refractivity contribution in [2.45, 2.75) is 4.90 Å². The van der Waals surface area contributed by atoms with Gasteiger partial charge in [0.1, 0.15) is 15.9 Å². The fourth-order valence-electron chi connectivity index (χ4n) is 1.20. The lowest BCUT2D eigenvalue weighted by Gasteiger charge is -2.02. The van der Waals surface area contributed by atoms with E-state index in [1.54, 1.807) is 6.07 Å². The van der Waals surface area contributed by atoms with Crippen molar-refractivity contribution in [1.29, 1.82) is 0 Å². The minimum Gasteiger partial charge on any atom is -0.252 e. The zero-order valence-electron chi connectivity index (χ0n) is 7.18. The van der Waals surface area contributed by atoms with Gasteiger partial charge in [-0.05, 0) is 28.1 Å². The van der Waals surface area contributed by atoms with Crippen LogP contribution in [-0.4, -0.2) is 18.4 Å². The molecule has 0 amide bonds. The van der Waals surface area contributed by atoms with E-state index < -0.39 is 9.05 Å². The van der Waals surface area contributed by atoms with Gasteiger partial charge in [0.2, 0.25) is 0 Å². The summed E-state index contributed by atoms with van der Waals surface area (Å²) < 4.78 is 23.2. The molecule has 0 aliphatic rings. The molecule has 0 atom stereocenters. The fourth-order valence-corrected chi connectivity index (χ4v) is 2.60. The number of hydrogen-bond donors (Lipinski definition) is 0. The number of benzene rings is 1. The molecule has 7 heteroatoms. The van der Waals surface area contributed by atoms with E-state index in [-0.39, 0.29) is 10.4 Å². The molecular weight excluding hydrogens is 304 g/mol.